The van der Waals surface area contributed by atoms with Crippen LogP contribution in [0, 0.1) is 0 Å². The van der Waals surface area contributed by atoms with Gasteiger partial charge in [-0.1, -0.05) is 12.2 Å². The summed E-state index contributed by atoms with van der Waals surface area (Å²) in [4.78, 5) is -0.304. The Bertz CT molecular complexity index is 389. The first-order chi connectivity index (χ1) is 6.86. The van der Waals surface area contributed by atoms with Crippen LogP contribution in [0.3, 0.4) is 0 Å². The molecule has 0 saturated heterocycles. The fraction of sp³-hybridized carbons (Fsp3) is 0.222. The zero-order valence-electron chi connectivity index (χ0n) is 7.76. The van der Waals surface area contributed by atoms with E-state index in [1.165, 1.54) is 19.2 Å². The lowest BCUT2D eigenvalue weighted by atomic mass is 10.1. The van der Waals surface area contributed by atoms with E-state index in [2.05, 4.69) is 12.2 Å². The third-order valence-electron chi connectivity index (χ3n) is 1.80. The quantitative estimate of drug-likeness (QED) is 0.799. The molecule has 0 heterocycles. The highest BCUT2D eigenvalue weighted by molar-refractivity contribution is 7.80. The molecule has 0 radical (unpaired) electrons. The highest BCUT2D eigenvalue weighted by Gasteiger charge is 2.34. The topological polar surface area (TPSA) is 35.2 Å². The van der Waals surface area contributed by atoms with Gasteiger partial charge in [-0.3, -0.25) is 0 Å². The molecule has 1 aromatic rings. The third kappa shape index (κ3) is 2.59. The predicted octanol–water partition coefficient (Wildman–Crippen LogP) is 2.35. The van der Waals surface area contributed by atoms with Crippen LogP contribution in [0.2, 0.25) is 0 Å². The average Bonchev–Trinajstić information content (AvgIpc) is 2.15. The van der Waals surface area contributed by atoms with Crippen molar-refractivity contribution in [2.45, 2.75) is 6.18 Å². The molecule has 0 spiro atoms. The van der Waals surface area contributed by atoms with Crippen molar-refractivity contribution in [1.82, 2.24) is 0 Å². The lowest BCUT2D eigenvalue weighted by molar-refractivity contribution is -0.137. The molecule has 6 heteroatoms. The number of hydrogen-bond donors (Lipinski definition) is 1. The third-order valence-corrected chi connectivity index (χ3v) is 2.02. The second-order valence-corrected chi connectivity index (χ2v) is 3.21. The van der Waals surface area contributed by atoms with Crippen LogP contribution in [-0.4, -0.2) is 12.1 Å². The Morgan fingerprint density at radius 3 is 2.40 bits per heavy atom. The summed E-state index contributed by atoms with van der Waals surface area (Å²) in [6.45, 7) is 0. The molecule has 0 aliphatic heterocycles. The van der Waals surface area contributed by atoms with E-state index in [4.69, 9.17) is 10.5 Å². The lowest BCUT2D eigenvalue weighted by Gasteiger charge is -2.12. The Labute approximate surface area is 89.8 Å². The van der Waals surface area contributed by atoms with Gasteiger partial charge < -0.3 is 10.5 Å². The highest BCUT2D eigenvalue weighted by Crippen LogP contribution is 2.33. The van der Waals surface area contributed by atoms with Crippen molar-refractivity contribution in [3.05, 3.63) is 29.3 Å². The van der Waals surface area contributed by atoms with E-state index in [1.807, 2.05) is 0 Å². The number of hydrogen-bond acceptors (Lipinski definition) is 2. The van der Waals surface area contributed by atoms with Crippen LogP contribution in [0.1, 0.15) is 11.1 Å². The monoisotopic (exact) mass is 235 g/mol. The maximum absolute atomic E-state index is 12.5. The summed E-state index contributed by atoms with van der Waals surface area (Å²) in [5.41, 5.74) is 4.13. The Morgan fingerprint density at radius 2 is 2.00 bits per heavy atom. The molecular weight excluding hydrogens is 227 g/mol. The molecule has 0 atom stereocenters. The molecule has 2 N–H and O–H groups in total. The summed E-state index contributed by atoms with van der Waals surface area (Å²) in [7, 11) is 1.35. The van der Waals surface area contributed by atoms with Crippen molar-refractivity contribution >= 4 is 17.2 Å². The molecule has 0 aromatic heterocycles. The van der Waals surface area contributed by atoms with E-state index < -0.39 is 11.7 Å². The number of thiocarbonyl (C=S) groups is 1. The van der Waals surface area contributed by atoms with Crippen molar-refractivity contribution in [2.75, 3.05) is 7.11 Å². The van der Waals surface area contributed by atoms with Crippen LogP contribution in [0.15, 0.2) is 18.2 Å². The molecule has 1 aromatic carbocycles. The minimum absolute atomic E-state index is 0.225. The largest absolute Gasteiger partial charge is 0.497 e. The molecule has 0 unspecified atom stereocenters. The zero-order valence-corrected chi connectivity index (χ0v) is 8.58. The van der Waals surface area contributed by atoms with E-state index >= 15 is 0 Å². The number of methoxy groups -OCH3 is 1. The molecule has 0 saturated carbocycles. The van der Waals surface area contributed by atoms with Crippen LogP contribution < -0.4 is 10.5 Å². The van der Waals surface area contributed by atoms with Gasteiger partial charge in [0.2, 0.25) is 0 Å². The van der Waals surface area contributed by atoms with Gasteiger partial charge in [0, 0.05) is 5.56 Å². The predicted molar refractivity (Wildman–Crippen MR) is 53.9 cm³/mol. The number of benzene rings is 1. The first-order valence-electron chi connectivity index (χ1n) is 3.91. The lowest BCUT2D eigenvalue weighted by Crippen LogP contribution is -2.17. The second kappa shape index (κ2) is 4.06. The Hall–Kier alpha value is -1.30. The normalized spacial score (nSPS) is 11.2. The van der Waals surface area contributed by atoms with E-state index in [0.717, 1.165) is 6.07 Å². The fourth-order valence-electron chi connectivity index (χ4n) is 1.10. The summed E-state index contributed by atoms with van der Waals surface area (Å²) in [5.74, 6) is 0.283. The smallest absolute Gasteiger partial charge is 0.417 e. The zero-order chi connectivity index (χ0) is 11.6. The molecule has 15 heavy (non-hydrogen) atoms. The van der Waals surface area contributed by atoms with Crippen LogP contribution in [0.4, 0.5) is 13.2 Å². The summed E-state index contributed by atoms with van der Waals surface area (Å²) in [6.07, 6.45) is -4.47. The molecule has 0 bridgehead atoms. The van der Waals surface area contributed by atoms with Gasteiger partial charge >= 0.3 is 6.18 Å². The maximum Gasteiger partial charge on any atom is 0.417 e. The molecular formula is C9H8F3NOS. The van der Waals surface area contributed by atoms with E-state index in [-0.39, 0.29) is 16.3 Å². The Morgan fingerprint density at radius 1 is 1.40 bits per heavy atom. The van der Waals surface area contributed by atoms with Crippen molar-refractivity contribution in [1.29, 1.82) is 0 Å². The fourth-order valence-corrected chi connectivity index (χ4v) is 1.27. The van der Waals surface area contributed by atoms with Crippen LogP contribution in [0.25, 0.3) is 0 Å². The number of ether oxygens (including phenoxy) is 1. The first kappa shape index (κ1) is 11.8. The molecule has 0 fully saturated rings. The SMILES string of the molecule is COc1ccc(C(F)(F)F)c(C(N)=S)c1. The van der Waals surface area contributed by atoms with Crippen LogP contribution in [-0.2, 0) is 6.18 Å². The van der Waals surface area contributed by atoms with Crippen molar-refractivity contribution in [3.8, 4) is 5.75 Å². The summed E-state index contributed by atoms with van der Waals surface area (Å²) < 4.78 is 42.3. The summed E-state index contributed by atoms with van der Waals surface area (Å²) >= 11 is 4.55. The molecule has 0 amide bonds. The molecule has 0 aliphatic rings. The number of halogens is 3. The average molecular weight is 235 g/mol. The number of rotatable bonds is 2. The van der Waals surface area contributed by atoms with Gasteiger partial charge in [0.15, 0.2) is 0 Å². The van der Waals surface area contributed by atoms with Crippen molar-refractivity contribution in [3.63, 3.8) is 0 Å². The maximum atomic E-state index is 12.5. The number of alkyl halides is 3. The van der Waals surface area contributed by atoms with Crippen LogP contribution >= 0.6 is 12.2 Å². The molecule has 1 rings (SSSR count). The van der Waals surface area contributed by atoms with Gasteiger partial charge in [-0.15, -0.1) is 0 Å². The summed E-state index contributed by atoms with van der Waals surface area (Å²) in [5, 5.41) is 0. The minimum atomic E-state index is -4.47. The highest BCUT2D eigenvalue weighted by atomic mass is 32.1. The molecule has 82 valence electrons. The van der Waals surface area contributed by atoms with Gasteiger partial charge in [-0.25, -0.2) is 0 Å². The Kier molecular flexibility index (Phi) is 3.18. The van der Waals surface area contributed by atoms with Gasteiger partial charge in [0.25, 0.3) is 0 Å². The Balaban J connectivity index is 3.34. The summed E-state index contributed by atoms with van der Waals surface area (Å²) in [6, 6.07) is 3.28. The van der Waals surface area contributed by atoms with E-state index in [1.54, 1.807) is 0 Å². The van der Waals surface area contributed by atoms with Crippen molar-refractivity contribution in [2.24, 2.45) is 5.73 Å². The van der Waals surface area contributed by atoms with Gasteiger partial charge in [-0.2, -0.15) is 13.2 Å². The van der Waals surface area contributed by atoms with Gasteiger partial charge in [0.05, 0.1) is 12.7 Å². The van der Waals surface area contributed by atoms with Crippen molar-refractivity contribution < 1.29 is 17.9 Å². The first-order valence-corrected chi connectivity index (χ1v) is 4.32. The van der Waals surface area contributed by atoms with E-state index in [0.29, 0.717) is 0 Å². The van der Waals surface area contributed by atoms with Gasteiger partial charge in [-0.05, 0) is 18.2 Å². The minimum Gasteiger partial charge on any atom is -0.497 e. The van der Waals surface area contributed by atoms with Gasteiger partial charge in [0.1, 0.15) is 10.7 Å². The van der Waals surface area contributed by atoms with Crippen LogP contribution in [0.5, 0.6) is 5.75 Å². The number of nitrogens with two attached hydrogens (primary N) is 1. The standard InChI is InChI=1S/C9H8F3NOS/c1-14-5-2-3-7(9(10,11)12)6(4-5)8(13)15/h2-4H,1H3,(H2,13,15). The second-order valence-electron chi connectivity index (χ2n) is 2.77. The van der Waals surface area contributed by atoms with E-state index in [9.17, 15) is 13.2 Å². The molecule has 0 aliphatic carbocycles. The molecule has 2 nitrogen and oxygen atoms in total.